The third-order valence-corrected chi connectivity index (χ3v) is 13.4. The topological polar surface area (TPSA) is 122 Å². The maximum Gasteiger partial charge on any atom is 0.329 e. The molecule has 0 aromatic rings. The maximum absolute atomic E-state index is 13.5. The Kier molecular flexibility index (Phi) is 7.66. The summed E-state index contributed by atoms with van der Waals surface area (Å²) in [6.45, 7) is 0. The Hall–Kier alpha value is -1.42. The van der Waals surface area contributed by atoms with Gasteiger partial charge >= 0.3 is 11.9 Å². The van der Waals surface area contributed by atoms with Crippen molar-refractivity contribution >= 4 is 45.3 Å². The van der Waals surface area contributed by atoms with E-state index in [1.165, 1.54) is 67.2 Å². The molecule has 8 saturated carbocycles. The largest absolute Gasteiger partial charge is 0.480 e. The van der Waals surface area contributed by atoms with Crippen molar-refractivity contribution < 1.29 is 29.0 Å². The van der Waals surface area contributed by atoms with Crippen molar-refractivity contribution in [1.29, 1.82) is 0 Å². The van der Waals surface area contributed by atoms with E-state index in [2.05, 4.69) is 10.6 Å². The van der Waals surface area contributed by atoms with Gasteiger partial charge in [-0.25, -0.2) is 9.59 Å². The highest BCUT2D eigenvalue weighted by molar-refractivity contribution is 8.76. The van der Waals surface area contributed by atoms with Crippen molar-refractivity contribution in [1.82, 2.24) is 10.6 Å². The van der Waals surface area contributed by atoms with Crippen LogP contribution < -0.4 is 10.6 Å². The fourth-order valence-corrected chi connectivity index (χ4v) is 12.4. The Labute approximate surface area is 238 Å². The second-order valence-corrected chi connectivity index (χ2v) is 16.4. The second kappa shape index (κ2) is 10.8. The van der Waals surface area contributed by atoms with Gasteiger partial charge in [-0.15, -0.1) is 0 Å². The number of hydrogen-bond acceptors (Lipinski definition) is 7. The van der Waals surface area contributed by atoms with Crippen LogP contribution in [0.1, 0.15) is 77.0 Å². The van der Waals surface area contributed by atoms with Crippen LogP contribution in [0.4, 0.5) is 0 Å². The van der Waals surface area contributed by atoms with Crippen molar-refractivity contribution in [3.05, 3.63) is 0 Å². The summed E-state index contributed by atoms with van der Waals surface area (Å²) in [6.07, 6.45) is 12.8. The first-order valence-electron chi connectivity index (χ1n) is 14.8. The molecule has 8 bridgehead atoms. The number of carbonyl (C=O) groups is 4. The van der Waals surface area contributed by atoms with Gasteiger partial charge in [-0.05, 0) is 113 Å². The Morgan fingerprint density at radius 1 is 0.692 bits per heavy atom. The minimum Gasteiger partial charge on any atom is -0.480 e. The third-order valence-electron chi connectivity index (χ3n) is 11.0. The number of esters is 1. The number of rotatable bonds is 11. The monoisotopic (exact) mass is 578 g/mol. The second-order valence-electron chi connectivity index (χ2n) is 13.9. The molecule has 2 atom stereocenters. The molecule has 0 heterocycles. The lowest BCUT2D eigenvalue weighted by Crippen LogP contribution is -2.57. The van der Waals surface area contributed by atoms with E-state index in [-0.39, 0.29) is 28.7 Å². The first kappa shape index (κ1) is 27.7. The standard InChI is InChI=1S/C29H42N2O6S2/c1-37-25(34)23(31-27(36)29-11-19-5-20(12-29)7-21(6-19)13-29)15-39-38-14-22(24(32)33)30-26(35)28-8-16-2-17(9-28)4-18(3-16)10-28/h16-23H,2-15H2,1H3,(H,30,35)(H,31,36)(H,32,33)/t16?,17?,18?,19?,20?,21?,22-,23-,28?,29?/m0/s1. The third kappa shape index (κ3) is 5.45. The Balaban J connectivity index is 1.01. The Morgan fingerprint density at radius 2 is 1.03 bits per heavy atom. The number of carboxylic acid groups (broad SMARTS) is 1. The highest BCUT2D eigenvalue weighted by Gasteiger charge is 2.56. The predicted octanol–water partition coefficient (Wildman–Crippen LogP) is 4.03. The number of carbonyl (C=O) groups excluding carboxylic acids is 3. The van der Waals surface area contributed by atoms with Crippen LogP contribution in [0, 0.1) is 46.3 Å². The van der Waals surface area contributed by atoms with E-state index in [9.17, 15) is 24.3 Å². The summed E-state index contributed by atoms with van der Waals surface area (Å²) < 4.78 is 4.99. The Morgan fingerprint density at radius 3 is 1.36 bits per heavy atom. The summed E-state index contributed by atoms with van der Waals surface area (Å²) in [5.41, 5.74) is -0.744. The lowest BCUT2D eigenvalue weighted by atomic mass is 9.49. The first-order valence-corrected chi connectivity index (χ1v) is 17.3. The predicted molar refractivity (Wildman–Crippen MR) is 150 cm³/mol. The zero-order valence-corrected chi connectivity index (χ0v) is 24.5. The fraction of sp³-hybridized carbons (Fsp3) is 0.862. The van der Waals surface area contributed by atoms with Crippen molar-refractivity contribution in [2.24, 2.45) is 46.3 Å². The van der Waals surface area contributed by atoms with Crippen LogP contribution in [-0.4, -0.2) is 59.6 Å². The molecule has 39 heavy (non-hydrogen) atoms. The van der Waals surface area contributed by atoms with Crippen LogP contribution in [0.3, 0.4) is 0 Å². The molecule has 0 aliphatic heterocycles. The van der Waals surface area contributed by atoms with E-state index in [4.69, 9.17) is 4.74 Å². The number of methoxy groups -OCH3 is 1. The number of carboxylic acids is 1. The first-order chi connectivity index (χ1) is 18.7. The van der Waals surface area contributed by atoms with Crippen LogP contribution in [0.5, 0.6) is 0 Å². The number of ether oxygens (including phenoxy) is 1. The van der Waals surface area contributed by atoms with Crippen LogP contribution in [0.25, 0.3) is 0 Å². The molecule has 0 radical (unpaired) electrons. The molecule has 216 valence electrons. The van der Waals surface area contributed by atoms with Gasteiger partial charge in [0.25, 0.3) is 0 Å². The number of nitrogens with one attached hydrogen (secondary N) is 2. The van der Waals surface area contributed by atoms with Crippen molar-refractivity contribution in [2.45, 2.75) is 89.1 Å². The van der Waals surface area contributed by atoms with E-state index in [1.54, 1.807) is 0 Å². The van der Waals surface area contributed by atoms with Crippen molar-refractivity contribution in [3.8, 4) is 0 Å². The fourth-order valence-electron chi connectivity index (χ4n) is 10.1. The van der Waals surface area contributed by atoms with Crippen molar-refractivity contribution in [3.63, 3.8) is 0 Å². The molecule has 8 aliphatic carbocycles. The van der Waals surface area contributed by atoms with E-state index >= 15 is 0 Å². The summed E-state index contributed by atoms with van der Waals surface area (Å²) in [5, 5.41) is 15.7. The summed E-state index contributed by atoms with van der Waals surface area (Å²) in [5.74, 6) is 2.56. The van der Waals surface area contributed by atoms with Gasteiger partial charge in [-0.2, -0.15) is 0 Å². The van der Waals surface area contributed by atoms with Gasteiger partial charge in [0.05, 0.1) is 7.11 Å². The van der Waals surface area contributed by atoms with Crippen LogP contribution in [-0.2, 0) is 23.9 Å². The summed E-state index contributed by atoms with van der Waals surface area (Å²) in [4.78, 5) is 51.4. The highest BCUT2D eigenvalue weighted by atomic mass is 33.1. The molecular formula is C29H42N2O6S2. The maximum atomic E-state index is 13.5. The zero-order chi connectivity index (χ0) is 27.4. The molecule has 0 unspecified atom stereocenters. The lowest BCUT2D eigenvalue weighted by Gasteiger charge is -2.55. The lowest BCUT2D eigenvalue weighted by molar-refractivity contribution is -0.152. The molecular weight excluding hydrogens is 536 g/mol. The highest BCUT2D eigenvalue weighted by Crippen LogP contribution is 2.61. The zero-order valence-electron chi connectivity index (χ0n) is 22.8. The van der Waals surface area contributed by atoms with Gasteiger partial charge in [0.1, 0.15) is 12.1 Å². The SMILES string of the molecule is COC(=O)[C@H](CSSC[C@H](NC(=O)C12CC3CC(CC(C3)C1)C2)C(=O)O)NC(=O)C12CC3CC(CC(C3)C1)C2. The van der Waals surface area contributed by atoms with Gasteiger partial charge in [-0.3, -0.25) is 9.59 Å². The quantitative estimate of drug-likeness (QED) is 0.191. The van der Waals surface area contributed by atoms with Crippen LogP contribution in [0.2, 0.25) is 0 Å². The minimum atomic E-state index is -1.04. The Bertz CT molecular complexity index is 947. The number of aliphatic carboxylic acids is 1. The average Bonchev–Trinajstić information content (AvgIpc) is 2.87. The molecule has 8 rings (SSSR count). The van der Waals surface area contributed by atoms with Gasteiger partial charge in [0.2, 0.25) is 11.8 Å². The molecule has 0 saturated heterocycles. The van der Waals surface area contributed by atoms with Crippen LogP contribution >= 0.6 is 21.6 Å². The summed E-state index contributed by atoms with van der Waals surface area (Å²) in [7, 11) is 3.98. The number of amides is 2. The smallest absolute Gasteiger partial charge is 0.329 e. The molecule has 8 fully saturated rings. The number of hydrogen-bond donors (Lipinski definition) is 3. The molecule has 10 heteroatoms. The molecule has 0 aromatic carbocycles. The van der Waals surface area contributed by atoms with E-state index in [0.717, 1.165) is 38.5 Å². The molecule has 8 nitrogen and oxygen atoms in total. The van der Waals surface area contributed by atoms with E-state index < -0.39 is 29.4 Å². The van der Waals surface area contributed by atoms with Gasteiger partial charge < -0.3 is 20.5 Å². The van der Waals surface area contributed by atoms with E-state index in [1.807, 2.05) is 0 Å². The summed E-state index contributed by atoms with van der Waals surface area (Å²) >= 11 is 0. The molecule has 3 N–H and O–H groups in total. The van der Waals surface area contributed by atoms with Crippen LogP contribution in [0.15, 0.2) is 0 Å². The van der Waals surface area contributed by atoms with Gasteiger partial charge in [0.15, 0.2) is 0 Å². The molecule has 0 aromatic heterocycles. The van der Waals surface area contributed by atoms with Gasteiger partial charge in [0, 0.05) is 22.3 Å². The minimum absolute atomic E-state index is 0.0196. The summed E-state index contributed by atoms with van der Waals surface area (Å²) in [6, 6.07) is -1.76. The molecule has 8 aliphatic rings. The van der Waals surface area contributed by atoms with E-state index in [0.29, 0.717) is 35.5 Å². The van der Waals surface area contributed by atoms with Crippen molar-refractivity contribution in [2.75, 3.05) is 18.6 Å². The normalized spacial score (nSPS) is 40.6. The molecule has 0 spiro atoms. The average molecular weight is 579 g/mol. The van der Waals surface area contributed by atoms with Gasteiger partial charge in [-0.1, -0.05) is 21.6 Å². The molecule has 2 amide bonds.